The van der Waals surface area contributed by atoms with Crippen LogP contribution in [0.3, 0.4) is 0 Å². The predicted octanol–water partition coefficient (Wildman–Crippen LogP) is 3.42. The van der Waals surface area contributed by atoms with E-state index in [1.807, 2.05) is 12.1 Å². The van der Waals surface area contributed by atoms with Gasteiger partial charge in [0.15, 0.2) is 0 Å². The van der Waals surface area contributed by atoms with Gasteiger partial charge in [0, 0.05) is 37.2 Å². The fourth-order valence-electron chi connectivity index (χ4n) is 3.23. The summed E-state index contributed by atoms with van der Waals surface area (Å²) in [5.74, 6) is 0.788. The van der Waals surface area contributed by atoms with Crippen LogP contribution in [0.1, 0.15) is 32.6 Å². The number of nitrogens with one attached hydrogen (secondary N) is 1. The van der Waals surface area contributed by atoms with Gasteiger partial charge in [-0.3, -0.25) is 4.79 Å². The largest absolute Gasteiger partial charge is 0.356 e. The van der Waals surface area contributed by atoms with Crippen LogP contribution in [0.2, 0.25) is 0 Å². The van der Waals surface area contributed by atoms with E-state index in [1.165, 1.54) is 18.5 Å². The number of hydrogen-bond acceptors (Lipinski definition) is 4. The van der Waals surface area contributed by atoms with E-state index in [9.17, 15) is 9.18 Å². The van der Waals surface area contributed by atoms with Crippen molar-refractivity contribution >= 4 is 11.7 Å². The molecule has 1 aromatic heterocycles. The molecule has 3 rings (SSSR count). The SMILES string of the molecule is CCCCNC(=O)C1CCN(c2cc(-c3cccc(F)c3)ncn2)CC1. The maximum absolute atomic E-state index is 13.4. The van der Waals surface area contributed by atoms with E-state index in [0.717, 1.165) is 56.7 Å². The Kier molecular flexibility index (Phi) is 6.15. The maximum Gasteiger partial charge on any atom is 0.223 e. The van der Waals surface area contributed by atoms with Crippen LogP contribution in [0.25, 0.3) is 11.3 Å². The van der Waals surface area contributed by atoms with Gasteiger partial charge in [0.25, 0.3) is 0 Å². The Morgan fingerprint density at radius 3 is 2.81 bits per heavy atom. The first-order valence-corrected chi connectivity index (χ1v) is 9.28. The molecule has 0 radical (unpaired) electrons. The van der Waals surface area contributed by atoms with Crippen LogP contribution in [0, 0.1) is 11.7 Å². The number of carbonyl (C=O) groups is 1. The maximum atomic E-state index is 13.4. The van der Waals surface area contributed by atoms with E-state index in [0.29, 0.717) is 5.69 Å². The fraction of sp³-hybridized carbons (Fsp3) is 0.450. The third kappa shape index (κ3) is 4.56. The van der Waals surface area contributed by atoms with Gasteiger partial charge >= 0.3 is 0 Å². The molecule has 0 saturated carbocycles. The van der Waals surface area contributed by atoms with Gasteiger partial charge in [-0.05, 0) is 31.4 Å². The number of halogens is 1. The van der Waals surface area contributed by atoms with Crippen LogP contribution >= 0.6 is 0 Å². The Morgan fingerprint density at radius 2 is 2.08 bits per heavy atom. The van der Waals surface area contributed by atoms with Crippen LogP contribution in [0.5, 0.6) is 0 Å². The molecule has 1 saturated heterocycles. The van der Waals surface area contributed by atoms with Crippen LogP contribution in [0.15, 0.2) is 36.7 Å². The van der Waals surface area contributed by atoms with Crippen LogP contribution < -0.4 is 10.2 Å². The summed E-state index contributed by atoms with van der Waals surface area (Å²) in [6.07, 6.45) is 5.25. The molecule has 1 N–H and O–H groups in total. The number of rotatable bonds is 6. The first-order valence-electron chi connectivity index (χ1n) is 9.28. The highest BCUT2D eigenvalue weighted by Gasteiger charge is 2.25. The number of carbonyl (C=O) groups excluding carboxylic acids is 1. The molecule has 6 heteroatoms. The van der Waals surface area contributed by atoms with E-state index < -0.39 is 0 Å². The number of benzene rings is 1. The zero-order chi connectivity index (χ0) is 18.4. The summed E-state index contributed by atoms with van der Waals surface area (Å²) >= 11 is 0. The summed E-state index contributed by atoms with van der Waals surface area (Å²) in [4.78, 5) is 23.0. The molecule has 0 bridgehead atoms. The average molecular weight is 356 g/mol. The van der Waals surface area contributed by atoms with Crippen molar-refractivity contribution in [3.63, 3.8) is 0 Å². The van der Waals surface area contributed by atoms with Gasteiger partial charge in [-0.2, -0.15) is 0 Å². The predicted molar refractivity (Wildman–Crippen MR) is 100 cm³/mol. The van der Waals surface area contributed by atoms with Crippen LogP contribution in [0.4, 0.5) is 10.2 Å². The van der Waals surface area contributed by atoms with Crippen molar-refractivity contribution in [2.75, 3.05) is 24.5 Å². The zero-order valence-electron chi connectivity index (χ0n) is 15.1. The molecule has 1 aliphatic rings. The van der Waals surface area contributed by atoms with Gasteiger partial charge in [-0.25, -0.2) is 14.4 Å². The summed E-state index contributed by atoms with van der Waals surface area (Å²) in [6, 6.07) is 8.29. The summed E-state index contributed by atoms with van der Waals surface area (Å²) in [7, 11) is 0. The third-order valence-electron chi connectivity index (χ3n) is 4.79. The number of piperidine rings is 1. The number of amides is 1. The van der Waals surface area contributed by atoms with Crippen LogP contribution in [-0.4, -0.2) is 35.5 Å². The molecular weight excluding hydrogens is 331 g/mol. The lowest BCUT2D eigenvalue weighted by Gasteiger charge is -2.32. The summed E-state index contributed by atoms with van der Waals surface area (Å²) in [5, 5.41) is 3.03. The number of aromatic nitrogens is 2. The molecule has 26 heavy (non-hydrogen) atoms. The molecule has 0 aliphatic carbocycles. The first kappa shape index (κ1) is 18.3. The minimum Gasteiger partial charge on any atom is -0.356 e. The second-order valence-electron chi connectivity index (χ2n) is 6.68. The molecule has 2 heterocycles. The second-order valence-corrected chi connectivity index (χ2v) is 6.68. The normalized spacial score (nSPS) is 15.1. The lowest BCUT2D eigenvalue weighted by atomic mass is 9.96. The zero-order valence-corrected chi connectivity index (χ0v) is 15.1. The highest BCUT2D eigenvalue weighted by Crippen LogP contribution is 2.25. The van der Waals surface area contributed by atoms with Crippen molar-refractivity contribution < 1.29 is 9.18 Å². The minimum atomic E-state index is -0.280. The van der Waals surface area contributed by atoms with Gasteiger partial charge < -0.3 is 10.2 Å². The molecule has 138 valence electrons. The Hall–Kier alpha value is -2.50. The fourth-order valence-corrected chi connectivity index (χ4v) is 3.23. The van der Waals surface area contributed by atoms with Crippen molar-refractivity contribution in [3.05, 3.63) is 42.5 Å². The standard InChI is InChI=1S/C20H25FN4O/c1-2-3-9-22-20(26)15-7-10-25(11-8-15)19-13-18(23-14-24-19)16-5-4-6-17(21)12-16/h4-6,12-15H,2-3,7-11H2,1H3,(H,22,26). The Labute approximate surface area is 153 Å². The van der Waals surface area contributed by atoms with Gasteiger partial charge in [0.05, 0.1) is 5.69 Å². The lowest BCUT2D eigenvalue weighted by Crippen LogP contribution is -2.41. The average Bonchev–Trinajstić information content (AvgIpc) is 2.68. The van der Waals surface area contributed by atoms with Crippen LogP contribution in [-0.2, 0) is 4.79 Å². The van der Waals surface area contributed by atoms with E-state index in [2.05, 4.69) is 27.1 Å². The second kappa shape index (κ2) is 8.74. The molecule has 1 amide bonds. The molecule has 1 aliphatic heterocycles. The molecule has 2 aromatic rings. The van der Waals surface area contributed by atoms with Gasteiger partial charge in [-0.1, -0.05) is 25.5 Å². The number of nitrogens with zero attached hydrogens (tertiary/aromatic N) is 3. The number of anilines is 1. The van der Waals surface area contributed by atoms with Crippen molar-refractivity contribution in [3.8, 4) is 11.3 Å². The molecule has 1 aromatic carbocycles. The van der Waals surface area contributed by atoms with E-state index in [1.54, 1.807) is 6.07 Å². The Morgan fingerprint density at radius 1 is 1.27 bits per heavy atom. The van der Waals surface area contributed by atoms with E-state index >= 15 is 0 Å². The third-order valence-corrected chi connectivity index (χ3v) is 4.79. The topological polar surface area (TPSA) is 58.1 Å². The smallest absolute Gasteiger partial charge is 0.223 e. The van der Waals surface area contributed by atoms with E-state index in [4.69, 9.17) is 0 Å². The molecule has 1 fully saturated rings. The van der Waals surface area contributed by atoms with Crippen molar-refractivity contribution in [2.45, 2.75) is 32.6 Å². The monoisotopic (exact) mass is 356 g/mol. The number of unbranched alkanes of at least 4 members (excludes halogenated alkanes) is 1. The lowest BCUT2D eigenvalue weighted by molar-refractivity contribution is -0.125. The molecule has 0 unspecified atom stereocenters. The van der Waals surface area contributed by atoms with Crippen molar-refractivity contribution in [1.29, 1.82) is 0 Å². The minimum absolute atomic E-state index is 0.0765. The Balaban J connectivity index is 1.61. The van der Waals surface area contributed by atoms with Crippen molar-refractivity contribution in [1.82, 2.24) is 15.3 Å². The first-order chi connectivity index (χ1) is 12.7. The molecule has 5 nitrogen and oxygen atoms in total. The van der Waals surface area contributed by atoms with Gasteiger partial charge in [-0.15, -0.1) is 0 Å². The molecule has 0 spiro atoms. The summed E-state index contributed by atoms with van der Waals surface area (Å²) < 4.78 is 13.4. The highest BCUT2D eigenvalue weighted by atomic mass is 19.1. The van der Waals surface area contributed by atoms with Gasteiger partial charge in [0.1, 0.15) is 18.0 Å². The summed E-state index contributed by atoms with van der Waals surface area (Å²) in [6.45, 7) is 4.44. The summed E-state index contributed by atoms with van der Waals surface area (Å²) in [5.41, 5.74) is 1.44. The van der Waals surface area contributed by atoms with Crippen molar-refractivity contribution in [2.24, 2.45) is 5.92 Å². The molecule has 0 atom stereocenters. The van der Waals surface area contributed by atoms with E-state index in [-0.39, 0.29) is 17.6 Å². The Bertz CT molecular complexity index is 744. The van der Waals surface area contributed by atoms with Gasteiger partial charge in [0.2, 0.25) is 5.91 Å². The highest BCUT2D eigenvalue weighted by molar-refractivity contribution is 5.79. The molecular formula is C20H25FN4O. The quantitative estimate of drug-likeness (QED) is 0.806. The number of hydrogen-bond donors (Lipinski definition) is 1.